The molecule has 4 aromatic carbocycles. The topological polar surface area (TPSA) is 9.23 Å². The van der Waals surface area contributed by atoms with Crippen LogP contribution in [0.1, 0.15) is 54.9 Å². The van der Waals surface area contributed by atoms with Gasteiger partial charge in [-0.1, -0.05) is 68.7 Å². The summed E-state index contributed by atoms with van der Waals surface area (Å²) in [6.45, 7) is 3.33. The molecule has 0 saturated heterocycles. The summed E-state index contributed by atoms with van der Waals surface area (Å²) in [5.41, 5.74) is 3.16. The Labute approximate surface area is 235 Å². The Bertz CT molecular complexity index is 1510. The molecule has 0 N–H and O–H groups in total. The molecule has 5 rings (SSSR count). The van der Waals surface area contributed by atoms with E-state index in [0.29, 0.717) is 23.6 Å². The number of unbranched alkanes of at least 4 members (excludes halogenated alkanes) is 2. The van der Waals surface area contributed by atoms with E-state index in [1.165, 1.54) is 36.8 Å². The summed E-state index contributed by atoms with van der Waals surface area (Å²) in [4.78, 5) is 0. The van der Waals surface area contributed by atoms with Crippen molar-refractivity contribution in [3.8, 4) is 28.0 Å². The molecule has 1 aliphatic carbocycles. The lowest BCUT2D eigenvalue weighted by molar-refractivity contribution is -0.189. The predicted molar refractivity (Wildman–Crippen MR) is 148 cm³/mol. The second-order valence-electron chi connectivity index (χ2n) is 10.8. The van der Waals surface area contributed by atoms with Crippen molar-refractivity contribution in [1.29, 1.82) is 0 Å². The van der Waals surface area contributed by atoms with E-state index in [9.17, 15) is 26.3 Å². The van der Waals surface area contributed by atoms with Crippen LogP contribution >= 0.6 is 0 Å². The van der Waals surface area contributed by atoms with Crippen LogP contribution in [0.15, 0.2) is 66.7 Å². The Morgan fingerprint density at radius 2 is 1.24 bits per heavy atom. The van der Waals surface area contributed by atoms with Crippen molar-refractivity contribution in [2.24, 2.45) is 5.92 Å². The minimum absolute atomic E-state index is 0.0578. The van der Waals surface area contributed by atoms with Gasteiger partial charge < -0.3 is 4.74 Å². The predicted octanol–water partition coefficient (Wildman–Crippen LogP) is 10.3. The molecule has 1 unspecified atom stereocenters. The highest BCUT2D eigenvalue weighted by Crippen LogP contribution is 2.38. The average molecular weight is 569 g/mol. The third kappa shape index (κ3) is 6.14. The van der Waals surface area contributed by atoms with Gasteiger partial charge >= 0.3 is 6.11 Å². The second-order valence-corrected chi connectivity index (χ2v) is 10.8. The third-order valence-electron chi connectivity index (χ3n) is 7.82. The number of halogens is 6. The van der Waals surface area contributed by atoms with Crippen LogP contribution in [0.4, 0.5) is 26.3 Å². The maximum absolute atomic E-state index is 14.9. The van der Waals surface area contributed by atoms with Crippen molar-refractivity contribution in [3.05, 3.63) is 112 Å². The highest BCUT2D eigenvalue weighted by Gasteiger charge is 2.41. The highest BCUT2D eigenvalue weighted by atomic mass is 19.3. The lowest BCUT2D eigenvalue weighted by Crippen LogP contribution is -2.25. The van der Waals surface area contributed by atoms with Crippen molar-refractivity contribution in [1.82, 2.24) is 0 Å². The molecule has 0 aliphatic heterocycles. The number of hydrogen-bond acceptors (Lipinski definition) is 1. The van der Waals surface area contributed by atoms with Crippen LogP contribution in [0.5, 0.6) is 5.75 Å². The molecule has 0 bridgehead atoms. The van der Waals surface area contributed by atoms with E-state index in [0.717, 1.165) is 43.0 Å². The molecule has 0 amide bonds. The Morgan fingerprint density at radius 3 is 1.85 bits per heavy atom. The zero-order valence-corrected chi connectivity index (χ0v) is 22.8. The molecule has 0 fully saturated rings. The molecule has 0 heterocycles. The Hall–Kier alpha value is -3.74. The molecular weight excluding hydrogens is 538 g/mol. The van der Waals surface area contributed by atoms with E-state index in [1.54, 1.807) is 12.1 Å². The maximum Gasteiger partial charge on any atom is 0.432 e. The summed E-state index contributed by atoms with van der Waals surface area (Å²) in [5, 5.41) is 0. The summed E-state index contributed by atoms with van der Waals surface area (Å²) in [6, 6.07) is 16.1. The molecule has 214 valence electrons. The van der Waals surface area contributed by atoms with E-state index >= 15 is 0 Å². The number of alkyl halides is 2. The lowest BCUT2D eigenvalue weighted by Gasteiger charge is -2.20. The minimum Gasteiger partial charge on any atom is -0.429 e. The first-order chi connectivity index (χ1) is 19.6. The number of rotatable bonds is 9. The fraction of sp³-hybridized carbons (Fsp3) is 0.294. The summed E-state index contributed by atoms with van der Waals surface area (Å²) >= 11 is 0. The monoisotopic (exact) mass is 568 g/mol. The van der Waals surface area contributed by atoms with Crippen molar-refractivity contribution in [3.63, 3.8) is 0 Å². The van der Waals surface area contributed by atoms with Gasteiger partial charge in [0.05, 0.1) is 0 Å². The first-order valence-corrected chi connectivity index (χ1v) is 13.8. The normalized spacial score (nSPS) is 14.8. The molecule has 4 aromatic rings. The van der Waals surface area contributed by atoms with Gasteiger partial charge in [-0.2, -0.15) is 8.78 Å². The van der Waals surface area contributed by atoms with E-state index < -0.39 is 46.3 Å². The van der Waals surface area contributed by atoms with Gasteiger partial charge in [0, 0.05) is 17.7 Å². The molecule has 1 aliphatic rings. The molecule has 0 spiro atoms. The Morgan fingerprint density at radius 1 is 0.683 bits per heavy atom. The van der Waals surface area contributed by atoms with E-state index in [4.69, 9.17) is 0 Å². The van der Waals surface area contributed by atoms with Gasteiger partial charge in [-0.15, -0.1) is 0 Å². The molecule has 7 heteroatoms. The molecule has 41 heavy (non-hydrogen) atoms. The van der Waals surface area contributed by atoms with Crippen molar-refractivity contribution in [2.75, 3.05) is 0 Å². The van der Waals surface area contributed by atoms with Gasteiger partial charge in [-0.25, -0.2) is 17.6 Å². The van der Waals surface area contributed by atoms with Crippen LogP contribution in [0.25, 0.3) is 22.3 Å². The van der Waals surface area contributed by atoms with Crippen molar-refractivity contribution >= 4 is 0 Å². The summed E-state index contributed by atoms with van der Waals surface area (Å²) in [7, 11) is 0. The van der Waals surface area contributed by atoms with Crippen molar-refractivity contribution < 1.29 is 31.1 Å². The largest absolute Gasteiger partial charge is 0.432 e. The summed E-state index contributed by atoms with van der Waals surface area (Å²) in [5.74, 6) is -5.56. The van der Waals surface area contributed by atoms with E-state index in [2.05, 4.69) is 29.9 Å². The number of benzene rings is 4. The van der Waals surface area contributed by atoms with Crippen LogP contribution in [-0.2, 0) is 19.0 Å². The molecular formula is C34H30F6O. The van der Waals surface area contributed by atoms with Crippen LogP contribution in [0.2, 0.25) is 0 Å². The van der Waals surface area contributed by atoms with Crippen LogP contribution < -0.4 is 4.74 Å². The highest BCUT2D eigenvalue weighted by molar-refractivity contribution is 5.71. The molecule has 1 nitrogen and oxygen atoms in total. The molecule has 0 aromatic heterocycles. The zero-order valence-electron chi connectivity index (χ0n) is 22.8. The maximum atomic E-state index is 14.9. The first-order valence-electron chi connectivity index (χ1n) is 13.8. The van der Waals surface area contributed by atoms with E-state index in [1.807, 2.05) is 12.1 Å². The second kappa shape index (κ2) is 11.6. The zero-order chi connectivity index (χ0) is 29.3. The van der Waals surface area contributed by atoms with E-state index in [-0.39, 0.29) is 5.56 Å². The number of ether oxygens (including phenoxy) is 1. The standard InChI is InChI=1S/C34H30F6O/c1-3-4-5-6-21-13-24-11-12-25(15-26(24)14-21)22-7-9-23(10-8-22)27-16-31(37)33(32(38)17-27)34(39,40)41-28-18-29(35)20(2)30(36)19-28/h7-12,15-19,21H,3-6,13-14H2,1-2H3. The first kappa shape index (κ1) is 28.8. The Balaban J connectivity index is 1.34. The SMILES string of the molecule is CCCCCC1Cc2ccc(-c3ccc(-c4cc(F)c(C(F)(F)Oc5cc(F)c(C)c(F)c5)c(F)c4)cc3)cc2C1. The minimum atomic E-state index is -4.52. The Kier molecular flexibility index (Phi) is 8.16. The van der Waals surface area contributed by atoms with Crippen LogP contribution in [-0.4, -0.2) is 0 Å². The summed E-state index contributed by atoms with van der Waals surface area (Å²) < 4.78 is 91.1. The smallest absolute Gasteiger partial charge is 0.429 e. The van der Waals surface area contributed by atoms with Crippen molar-refractivity contribution in [2.45, 2.75) is 58.5 Å². The number of fused-ring (bicyclic) bond motifs is 1. The summed E-state index contributed by atoms with van der Waals surface area (Å²) in [6.07, 6.45) is 2.61. The quantitative estimate of drug-likeness (QED) is 0.144. The van der Waals surface area contributed by atoms with Crippen LogP contribution in [0, 0.1) is 36.1 Å². The number of hydrogen-bond donors (Lipinski definition) is 0. The van der Waals surface area contributed by atoms with Crippen LogP contribution in [0.3, 0.4) is 0 Å². The molecule has 0 saturated carbocycles. The molecule has 1 atom stereocenters. The van der Waals surface area contributed by atoms with Gasteiger partial charge in [0.1, 0.15) is 34.6 Å². The average Bonchev–Trinajstić information content (AvgIpc) is 3.33. The lowest BCUT2D eigenvalue weighted by atomic mass is 9.97. The van der Waals surface area contributed by atoms with Gasteiger partial charge in [0.25, 0.3) is 0 Å². The van der Waals surface area contributed by atoms with Gasteiger partial charge in [-0.05, 0) is 77.6 Å². The van der Waals surface area contributed by atoms with Gasteiger partial charge in [-0.3, -0.25) is 0 Å². The molecule has 0 radical (unpaired) electrons. The third-order valence-corrected chi connectivity index (χ3v) is 7.82. The fourth-order valence-corrected chi connectivity index (χ4v) is 5.53. The van der Waals surface area contributed by atoms with Gasteiger partial charge in [0.2, 0.25) is 0 Å². The van der Waals surface area contributed by atoms with Gasteiger partial charge in [0.15, 0.2) is 0 Å². The fourth-order valence-electron chi connectivity index (χ4n) is 5.53.